The normalized spacial score (nSPS) is 14.5. The highest BCUT2D eigenvalue weighted by Crippen LogP contribution is 2.43. The first-order valence-electron chi connectivity index (χ1n) is 12.2. The number of amides is 3. The van der Waals surface area contributed by atoms with E-state index in [2.05, 4.69) is 20.5 Å². The van der Waals surface area contributed by atoms with Gasteiger partial charge in [0.05, 0.1) is 27.8 Å². The van der Waals surface area contributed by atoms with Crippen LogP contribution in [0.1, 0.15) is 45.7 Å². The van der Waals surface area contributed by atoms with E-state index in [4.69, 9.17) is 4.98 Å². The molecule has 0 bridgehead atoms. The molecule has 3 heterocycles. The molecule has 9 heteroatoms. The van der Waals surface area contributed by atoms with E-state index in [1.807, 2.05) is 77.1 Å². The van der Waals surface area contributed by atoms with Crippen molar-refractivity contribution in [2.45, 2.75) is 52.6 Å². The molecule has 0 saturated carbocycles. The number of fused-ring (bicyclic) bond motifs is 2. The number of H-pyrrole nitrogens is 2. The number of aromatic amines is 2. The average Bonchev–Trinajstić information content (AvgIpc) is 3.52. The minimum Gasteiger partial charge on any atom is -0.337 e. The van der Waals surface area contributed by atoms with Crippen LogP contribution in [0.15, 0.2) is 48.7 Å². The topological polar surface area (TPSA) is 110 Å². The number of nitrogens with one attached hydrogen (secondary N) is 3. The molecule has 0 spiro atoms. The SMILES string of the molecule is CCN1C(=O)C(C)(C)c2cc3[nH]c(-c4n[nH]cc4NC(=O)N(Cc4ccccc4)C(C)C)nc3cc21. The second-order valence-electron chi connectivity index (χ2n) is 9.93. The lowest BCUT2D eigenvalue weighted by molar-refractivity contribution is -0.122. The number of carbonyl (C=O) groups is 2. The predicted molar refractivity (Wildman–Crippen MR) is 141 cm³/mol. The van der Waals surface area contributed by atoms with Gasteiger partial charge in [-0.3, -0.25) is 9.89 Å². The molecule has 0 unspecified atom stereocenters. The van der Waals surface area contributed by atoms with E-state index < -0.39 is 5.41 Å². The van der Waals surface area contributed by atoms with Crippen molar-refractivity contribution < 1.29 is 9.59 Å². The Kier molecular flexibility index (Phi) is 5.78. The molecule has 1 aliphatic heterocycles. The zero-order valence-electron chi connectivity index (χ0n) is 21.2. The maximum absolute atomic E-state index is 13.2. The number of urea groups is 1. The van der Waals surface area contributed by atoms with Crippen LogP contribution in [0, 0.1) is 0 Å². The van der Waals surface area contributed by atoms with Crippen LogP contribution in [0.25, 0.3) is 22.6 Å². The van der Waals surface area contributed by atoms with E-state index in [1.165, 1.54) is 0 Å². The van der Waals surface area contributed by atoms with Gasteiger partial charge in [-0.1, -0.05) is 30.3 Å². The zero-order valence-corrected chi connectivity index (χ0v) is 21.2. The van der Waals surface area contributed by atoms with Gasteiger partial charge in [0.2, 0.25) is 5.91 Å². The van der Waals surface area contributed by atoms with E-state index in [9.17, 15) is 9.59 Å². The summed E-state index contributed by atoms with van der Waals surface area (Å²) in [5.41, 5.74) is 4.93. The molecule has 3 amide bonds. The second-order valence-corrected chi connectivity index (χ2v) is 9.93. The first kappa shape index (κ1) is 23.6. The van der Waals surface area contributed by atoms with E-state index >= 15 is 0 Å². The molecule has 0 atom stereocenters. The Hall–Kier alpha value is -4.14. The standard InChI is InChI=1S/C27H31N7O2/c1-6-33-22-13-20-19(12-18(22)27(4,5)25(33)35)29-24(30-20)23-21(14-28-32-23)31-26(36)34(16(2)3)15-17-10-8-7-9-11-17/h7-14,16H,6,15H2,1-5H3,(H,28,32)(H,29,30)(H,31,36). The number of imidazole rings is 1. The number of rotatable bonds is 6. The first-order chi connectivity index (χ1) is 17.2. The molecule has 0 fully saturated rings. The molecule has 0 saturated heterocycles. The summed E-state index contributed by atoms with van der Waals surface area (Å²) in [6, 6.07) is 13.6. The molecule has 36 heavy (non-hydrogen) atoms. The van der Waals surface area contributed by atoms with Gasteiger partial charge >= 0.3 is 6.03 Å². The van der Waals surface area contributed by atoms with Crippen molar-refractivity contribution in [2.75, 3.05) is 16.8 Å². The summed E-state index contributed by atoms with van der Waals surface area (Å²) in [5.74, 6) is 0.631. The van der Waals surface area contributed by atoms with Gasteiger partial charge in [0.25, 0.3) is 0 Å². The summed E-state index contributed by atoms with van der Waals surface area (Å²) in [6.45, 7) is 10.9. The van der Waals surface area contributed by atoms with Gasteiger partial charge in [-0.05, 0) is 57.9 Å². The highest BCUT2D eigenvalue weighted by molar-refractivity contribution is 6.09. The van der Waals surface area contributed by atoms with Crippen LogP contribution >= 0.6 is 0 Å². The van der Waals surface area contributed by atoms with Crippen molar-refractivity contribution in [3.63, 3.8) is 0 Å². The Bertz CT molecular complexity index is 1440. The number of hydrogen-bond donors (Lipinski definition) is 3. The van der Waals surface area contributed by atoms with E-state index in [1.54, 1.807) is 16.0 Å². The van der Waals surface area contributed by atoms with Crippen molar-refractivity contribution in [1.82, 2.24) is 25.1 Å². The number of nitrogens with zero attached hydrogens (tertiary/aromatic N) is 4. The fourth-order valence-corrected chi connectivity index (χ4v) is 4.78. The minimum absolute atomic E-state index is 0.00159. The molecule has 186 valence electrons. The summed E-state index contributed by atoms with van der Waals surface area (Å²) in [7, 11) is 0. The smallest absolute Gasteiger partial charge is 0.322 e. The van der Waals surface area contributed by atoms with Crippen LogP contribution in [-0.4, -0.2) is 49.6 Å². The Labute approximate surface area is 209 Å². The van der Waals surface area contributed by atoms with Gasteiger partial charge in [0.15, 0.2) is 11.5 Å². The number of aromatic nitrogens is 4. The predicted octanol–water partition coefficient (Wildman–Crippen LogP) is 5.04. The maximum Gasteiger partial charge on any atom is 0.322 e. The van der Waals surface area contributed by atoms with Crippen LogP contribution in [0.3, 0.4) is 0 Å². The Morgan fingerprint density at radius 2 is 1.94 bits per heavy atom. The summed E-state index contributed by atoms with van der Waals surface area (Å²) >= 11 is 0. The molecule has 2 aromatic heterocycles. The third-order valence-corrected chi connectivity index (χ3v) is 6.85. The van der Waals surface area contributed by atoms with Crippen molar-refractivity contribution in [3.8, 4) is 11.5 Å². The summed E-state index contributed by atoms with van der Waals surface area (Å²) in [4.78, 5) is 37.7. The lowest BCUT2D eigenvalue weighted by Gasteiger charge is -2.27. The monoisotopic (exact) mass is 485 g/mol. The number of hydrogen-bond acceptors (Lipinski definition) is 4. The van der Waals surface area contributed by atoms with Gasteiger partial charge in [0, 0.05) is 25.3 Å². The lowest BCUT2D eigenvalue weighted by Crippen LogP contribution is -2.39. The summed E-state index contributed by atoms with van der Waals surface area (Å²) in [5, 5.41) is 10.2. The number of likely N-dealkylation sites (N-methyl/N-ethyl adjacent to an activating group) is 1. The highest BCUT2D eigenvalue weighted by Gasteiger charge is 2.43. The van der Waals surface area contributed by atoms with Gasteiger partial charge in [-0.15, -0.1) is 0 Å². The van der Waals surface area contributed by atoms with E-state index in [-0.39, 0.29) is 18.0 Å². The second kappa shape index (κ2) is 8.82. The van der Waals surface area contributed by atoms with Crippen LogP contribution in [0.4, 0.5) is 16.2 Å². The molecule has 2 aromatic carbocycles. The third kappa shape index (κ3) is 3.90. The van der Waals surface area contributed by atoms with Gasteiger partial charge in [0.1, 0.15) is 0 Å². The molecule has 0 radical (unpaired) electrons. The van der Waals surface area contributed by atoms with Crippen molar-refractivity contribution in [3.05, 3.63) is 59.8 Å². The largest absolute Gasteiger partial charge is 0.337 e. The molecule has 3 N–H and O–H groups in total. The van der Waals surface area contributed by atoms with E-state index in [0.29, 0.717) is 30.3 Å². The Morgan fingerprint density at radius 3 is 2.64 bits per heavy atom. The van der Waals surface area contributed by atoms with Crippen LogP contribution < -0.4 is 10.2 Å². The zero-order chi connectivity index (χ0) is 25.6. The third-order valence-electron chi connectivity index (χ3n) is 6.85. The summed E-state index contributed by atoms with van der Waals surface area (Å²) in [6.07, 6.45) is 1.65. The lowest BCUT2D eigenvalue weighted by atomic mass is 9.86. The highest BCUT2D eigenvalue weighted by atomic mass is 16.2. The van der Waals surface area contributed by atoms with Gasteiger partial charge in [-0.25, -0.2) is 9.78 Å². The molecule has 0 aliphatic carbocycles. The van der Waals surface area contributed by atoms with Gasteiger partial charge < -0.3 is 20.1 Å². The van der Waals surface area contributed by atoms with Crippen LogP contribution in [0.5, 0.6) is 0 Å². The van der Waals surface area contributed by atoms with E-state index in [0.717, 1.165) is 27.8 Å². The number of anilines is 2. The minimum atomic E-state index is -0.602. The quantitative estimate of drug-likeness (QED) is 0.355. The first-order valence-corrected chi connectivity index (χ1v) is 12.2. The molecular weight excluding hydrogens is 454 g/mol. The Balaban J connectivity index is 1.44. The molecule has 1 aliphatic rings. The Morgan fingerprint density at radius 1 is 1.19 bits per heavy atom. The van der Waals surface area contributed by atoms with Gasteiger partial charge in [-0.2, -0.15) is 5.10 Å². The van der Waals surface area contributed by atoms with Crippen LogP contribution in [0.2, 0.25) is 0 Å². The molecule has 4 aromatic rings. The molecular formula is C27H31N7O2. The van der Waals surface area contributed by atoms with Crippen molar-refractivity contribution in [1.29, 1.82) is 0 Å². The van der Waals surface area contributed by atoms with Crippen molar-refractivity contribution in [2.24, 2.45) is 0 Å². The maximum atomic E-state index is 13.2. The van der Waals surface area contributed by atoms with Crippen LogP contribution in [-0.2, 0) is 16.8 Å². The fourth-order valence-electron chi connectivity index (χ4n) is 4.78. The average molecular weight is 486 g/mol. The number of carbonyl (C=O) groups excluding carboxylic acids is 2. The van der Waals surface area contributed by atoms with Crippen molar-refractivity contribution >= 4 is 34.3 Å². The molecule has 9 nitrogen and oxygen atoms in total. The summed E-state index contributed by atoms with van der Waals surface area (Å²) < 4.78 is 0. The molecule has 5 rings (SSSR count). The fraction of sp³-hybridized carbons (Fsp3) is 0.333. The number of benzene rings is 2.